The lowest BCUT2D eigenvalue weighted by molar-refractivity contribution is 0.0843. The molecule has 1 amide bonds. The van der Waals surface area contributed by atoms with Gasteiger partial charge in [0.25, 0.3) is 0 Å². The summed E-state index contributed by atoms with van der Waals surface area (Å²) < 4.78 is 5.05. The van der Waals surface area contributed by atoms with Crippen LogP contribution in [0.3, 0.4) is 0 Å². The van der Waals surface area contributed by atoms with Crippen molar-refractivity contribution >= 4 is 6.09 Å². The molecule has 0 atom stereocenters. The molecule has 0 N–H and O–H groups in total. The Balaban J connectivity index is 1.94. The van der Waals surface area contributed by atoms with Gasteiger partial charge >= 0.3 is 6.09 Å². The molecular formula is C16H26N2O2. The Labute approximate surface area is 122 Å². The summed E-state index contributed by atoms with van der Waals surface area (Å²) in [5, 5.41) is 0. The quantitative estimate of drug-likeness (QED) is 0.778. The highest BCUT2D eigenvalue weighted by molar-refractivity contribution is 5.67. The molecule has 0 spiro atoms. The van der Waals surface area contributed by atoms with Crippen LogP contribution in [0.2, 0.25) is 0 Å². The Bertz CT molecular complexity index is 418. The van der Waals surface area contributed by atoms with Crippen molar-refractivity contribution in [2.75, 3.05) is 32.8 Å². The van der Waals surface area contributed by atoms with Gasteiger partial charge in [-0.2, -0.15) is 0 Å². The summed E-state index contributed by atoms with van der Waals surface area (Å²) in [5.74, 6) is 0. The molecule has 1 aliphatic carbocycles. The maximum absolute atomic E-state index is 11.7. The SMILES string of the molecule is C=C1C=C(N2CCN(C(=O)OCC)CC2)CC(C)(C)C1. The number of nitrogens with zero attached hydrogens (tertiary/aromatic N) is 2. The average Bonchev–Trinajstić information content (AvgIpc) is 2.37. The van der Waals surface area contributed by atoms with Gasteiger partial charge in [0.1, 0.15) is 0 Å². The van der Waals surface area contributed by atoms with E-state index >= 15 is 0 Å². The van der Waals surface area contributed by atoms with Crippen molar-refractivity contribution in [2.45, 2.75) is 33.6 Å². The first-order valence-electron chi connectivity index (χ1n) is 7.46. The third kappa shape index (κ3) is 3.56. The first-order valence-corrected chi connectivity index (χ1v) is 7.46. The molecule has 4 heteroatoms. The molecular weight excluding hydrogens is 252 g/mol. The van der Waals surface area contributed by atoms with E-state index in [1.165, 1.54) is 11.3 Å². The molecule has 4 nitrogen and oxygen atoms in total. The van der Waals surface area contributed by atoms with Crippen LogP contribution in [-0.2, 0) is 4.74 Å². The van der Waals surface area contributed by atoms with Gasteiger partial charge in [0.15, 0.2) is 0 Å². The van der Waals surface area contributed by atoms with E-state index < -0.39 is 0 Å². The molecule has 0 aromatic rings. The molecule has 20 heavy (non-hydrogen) atoms. The standard InChI is InChI=1S/C16H26N2O2/c1-5-20-15(19)18-8-6-17(7-9-18)14-10-13(2)11-16(3,4)12-14/h10H,2,5-9,11-12H2,1,3-4H3. The van der Waals surface area contributed by atoms with E-state index in [0.29, 0.717) is 12.0 Å². The van der Waals surface area contributed by atoms with Crippen molar-refractivity contribution in [3.63, 3.8) is 0 Å². The van der Waals surface area contributed by atoms with Crippen LogP contribution < -0.4 is 0 Å². The van der Waals surface area contributed by atoms with Crippen LogP contribution >= 0.6 is 0 Å². The van der Waals surface area contributed by atoms with E-state index in [-0.39, 0.29) is 6.09 Å². The molecule has 1 fully saturated rings. The van der Waals surface area contributed by atoms with Gasteiger partial charge in [-0.15, -0.1) is 0 Å². The fourth-order valence-corrected chi connectivity index (χ4v) is 3.10. The Morgan fingerprint density at radius 3 is 2.50 bits per heavy atom. The summed E-state index contributed by atoms with van der Waals surface area (Å²) >= 11 is 0. The minimum Gasteiger partial charge on any atom is -0.450 e. The lowest BCUT2D eigenvalue weighted by Crippen LogP contribution is -2.49. The van der Waals surface area contributed by atoms with E-state index in [4.69, 9.17) is 4.74 Å². The summed E-state index contributed by atoms with van der Waals surface area (Å²) in [7, 11) is 0. The van der Waals surface area contributed by atoms with E-state index in [1.54, 1.807) is 4.90 Å². The zero-order valence-corrected chi connectivity index (χ0v) is 12.9. The predicted octanol–water partition coefficient (Wildman–Crippen LogP) is 3.02. The molecule has 112 valence electrons. The highest BCUT2D eigenvalue weighted by Crippen LogP contribution is 2.38. The molecule has 1 heterocycles. The van der Waals surface area contributed by atoms with Crippen LogP contribution in [0.1, 0.15) is 33.6 Å². The molecule has 2 aliphatic rings. The van der Waals surface area contributed by atoms with Gasteiger partial charge in [-0.1, -0.05) is 26.0 Å². The fourth-order valence-electron chi connectivity index (χ4n) is 3.10. The van der Waals surface area contributed by atoms with Gasteiger partial charge in [0.2, 0.25) is 0 Å². The zero-order valence-electron chi connectivity index (χ0n) is 12.9. The van der Waals surface area contributed by atoms with Crippen LogP contribution in [0, 0.1) is 5.41 Å². The van der Waals surface area contributed by atoms with Gasteiger partial charge in [0.05, 0.1) is 6.61 Å². The summed E-state index contributed by atoms with van der Waals surface area (Å²) in [6.45, 7) is 14.2. The van der Waals surface area contributed by atoms with Gasteiger partial charge < -0.3 is 14.5 Å². The van der Waals surface area contributed by atoms with Gasteiger partial charge in [0, 0.05) is 31.9 Å². The number of allylic oxidation sites excluding steroid dienone is 3. The second-order valence-corrected chi connectivity index (χ2v) is 6.48. The molecule has 0 radical (unpaired) electrons. The minimum absolute atomic E-state index is 0.186. The monoisotopic (exact) mass is 278 g/mol. The molecule has 1 saturated heterocycles. The average molecular weight is 278 g/mol. The highest BCUT2D eigenvalue weighted by Gasteiger charge is 2.29. The molecule has 0 saturated carbocycles. The topological polar surface area (TPSA) is 32.8 Å². The maximum Gasteiger partial charge on any atom is 0.409 e. The van der Waals surface area contributed by atoms with Crippen molar-refractivity contribution in [1.82, 2.24) is 9.80 Å². The minimum atomic E-state index is -0.186. The zero-order chi connectivity index (χ0) is 14.8. The number of carbonyl (C=O) groups excluding carboxylic acids is 1. The number of hydrogen-bond donors (Lipinski definition) is 0. The largest absolute Gasteiger partial charge is 0.450 e. The number of ether oxygens (including phenoxy) is 1. The van der Waals surface area contributed by atoms with Gasteiger partial charge in [-0.3, -0.25) is 0 Å². The Morgan fingerprint density at radius 1 is 1.30 bits per heavy atom. The van der Waals surface area contributed by atoms with Crippen molar-refractivity contribution in [3.8, 4) is 0 Å². The van der Waals surface area contributed by atoms with E-state index in [0.717, 1.165) is 39.0 Å². The third-order valence-electron chi connectivity index (χ3n) is 3.95. The van der Waals surface area contributed by atoms with Crippen molar-refractivity contribution in [3.05, 3.63) is 23.9 Å². The third-order valence-corrected chi connectivity index (χ3v) is 3.95. The van der Waals surface area contributed by atoms with Crippen LogP contribution in [0.4, 0.5) is 4.79 Å². The normalized spacial score (nSPS) is 22.6. The molecule has 0 aromatic heterocycles. The van der Waals surface area contributed by atoms with Crippen molar-refractivity contribution < 1.29 is 9.53 Å². The second-order valence-electron chi connectivity index (χ2n) is 6.48. The van der Waals surface area contributed by atoms with E-state index in [2.05, 4.69) is 31.4 Å². The smallest absolute Gasteiger partial charge is 0.409 e. The molecule has 2 rings (SSSR count). The number of rotatable bonds is 2. The molecule has 0 unspecified atom stereocenters. The van der Waals surface area contributed by atoms with Gasteiger partial charge in [-0.05, 0) is 31.3 Å². The van der Waals surface area contributed by atoms with E-state index in [9.17, 15) is 4.79 Å². The van der Waals surface area contributed by atoms with Crippen LogP contribution in [0.5, 0.6) is 0 Å². The number of piperazine rings is 1. The summed E-state index contributed by atoms with van der Waals surface area (Å²) in [5.41, 5.74) is 2.87. The summed E-state index contributed by atoms with van der Waals surface area (Å²) in [6, 6.07) is 0. The predicted molar refractivity (Wildman–Crippen MR) is 80.4 cm³/mol. The van der Waals surface area contributed by atoms with E-state index in [1.807, 2.05) is 6.92 Å². The summed E-state index contributed by atoms with van der Waals surface area (Å²) in [4.78, 5) is 15.9. The first-order chi connectivity index (χ1) is 9.41. The maximum atomic E-state index is 11.7. The lowest BCUT2D eigenvalue weighted by atomic mass is 9.77. The number of carbonyl (C=O) groups is 1. The lowest BCUT2D eigenvalue weighted by Gasteiger charge is -2.41. The Hall–Kier alpha value is -1.45. The van der Waals surface area contributed by atoms with Crippen LogP contribution in [0.25, 0.3) is 0 Å². The van der Waals surface area contributed by atoms with Crippen LogP contribution in [-0.4, -0.2) is 48.7 Å². The Morgan fingerprint density at radius 2 is 1.95 bits per heavy atom. The molecule has 0 aromatic carbocycles. The fraction of sp³-hybridized carbons (Fsp3) is 0.688. The first kappa shape index (κ1) is 14.9. The number of hydrogen-bond acceptors (Lipinski definition) is 3. The second kappa shape index (κ2) is 5.90. The van der Waals surface area contributed by atoms with Crippen LogP contribution in [0.15, 0.2) is 23.9 Å². The molecule has 0 bridgehead atoms. The molecule has 1 aliphatic heterocycles. The highest BCUT2D eigenvalue weighted by atomic mass is 16.6. The van der Waals surface area contributed by atoms with Crippen molar-refractivity contribution in [2.24, 2.45) is 5.41 Å². The summed E-state index contributed by atoms with van der Waals surface area (Å²) in [6.07, 6.45) is 4.20. The Kier molecular flexibility index (Phi) is 4.41. The van der Waals surface area contributed by atoms with Crippen molar-refractivity contribution in [1.29, 1.82) is 0 Å². The van der Waals surface area contributed by atoms with Gasteiger partial charge in [-0.25, -0.2) is 4.79 Å². The number of amides is 1.